The van der Waals surface area contributed by atoms with Gasteiger partial charge in [-0.05, 0) is 42.8 Å². The van der Waals surface area contributed by atoms with Gasteiger partial charge in [-0.15, -0.1) is 0 Å². The Hall–Kier alpha value is -4.01. The van der Waals surface area contributed by atoms with Crippen LogP contribution in [0, 0.1) is 0 Å². The maximum atomic E-state index is 12.1. The van der Waals surface area contributed by atoms with E-state index in [2.05, 4.69) is 5.32 Å². The summed E-state index contributed by atoms with van der Waals surface area (Å²) in [6.07, 6.45) is 4.40. The van der Waals surface area contributed by atoms with Crippen LogP contribution in [0.3, 0.4) is 0 Å². The number of rotatable bonds is 12. The van der Waals surface area contributed by atoms with Gasteiger partial charge in [0.1, 0.15) is 5.75 Å². The molecule has 2 rings (SSSR count). The molecule has 0 heterocycles. The van der Waals surface area contributed by atoms with Crippen molar-refractivity contribution in [1.29, 1.82) is 0 Å². The first-order valence-electron chi connectivity index (χ1n) is 10.6. The third-order valence-corrected chi connectivity index (χ3v) is 4.62. The number of nitrogens with one attached hydrogen (secondary N) is 1. The van der Waals surface area contributed by atoms with Gasteiger partial charge in [-0.25, -0.2) is 9.59 Å². The molecular weight excluding hydrogens is 442 g/mol. The summed E-state index contributed by atoms with van der Waals surface area (Å²) in [5.74, 6) is -0.232. The van der Waals surface area contributed by atoms with Crippen LogP contribution in [0.1, 0.15) is 35.7 Å². The molecule has 2 aromatic rings. The number of esters is 2. The molecule has 9 nitrogen and oxygen atoms in total. The molecule has 0 fully saturated rings. The molecule has 34 heavy (non-hydrogen) atoms. The highest BCUT2D eigenvalue weighted by Crippen LogP contribution is 2.35. The Morgan fingerprint density at radius 3 is 2.15 bits per heavy atom. The van der Waals surface area contributed by atoms with Gasteiger partial charge in [0.05, 0.1) is 33.5 Å². The van der Waals surface area contributed by atoms with Crippen molar-refractivity contribution in [1.82, 2.24) is 0 Å². The monoisotopic (exact) mass is 471 g/mol. The predicted octanol–water partition coefficient (Wildman–Crippen LogP) is 3.86. The first kappa shape index (κ1) is 26.2. The van der Waals surface area contributed by atoms with Crippen LogP contribution in [0.4, 0.5) is 5.69 Å². The Morgan fingerprint density at radius 1 is 0.882 bits per heavy atom. The van der Waals surface area contributed by atoms with Crippen LogP contribution in [-0.4, -0.2) is 52.4 Å². The summed E-state index contributed by atoms with van der Waals surface area (Å²) >= 11 is 0. The van der Waals surface area contributed by atoms with Gasteiger partial charge in [0.2, 0.25) is 0 Å². The average Bonchev–Trinajstić information content (AvgIpc) is 2.86. The van der Waals surface area contributed by atoms with Gasteiger partial charge in [-0.3, -0.25) is 4.79 Å². The molecule has 1 N–H and O–H groups in total. The lowest BCUT2D eigenvalue weighted by Crippen LogP contribution is -2.20. The molecule has 0 saturated carbocycles. The third kappa shape index (κ3) is 7.84. The fraction of sp³-hybridized carbons (Fsp3) is 0.320. The fourth-order valence-electron chi connectivity index (χ4n) is 2.80. The van der Waals surface area contributed by atoms with E-state index < -0.39 is 24.5 Å². The fourth-order valence-corrected chi connectivity index (χ4v) is 2.80. The molecule has 0 bridgehead atoms. The Balaban J connectivity index is 1.88. The third-order valence-electron chi connectivity index (χ3n) is 4.62. The summed E-state index contributed by atoms with van der Waals surface area (Å²) in [5, 5.41) is 2.59. The topological polar surface area (TPSA) is 109 Å². The average molecular weight is 472 g/mol. The number of carbonyl (C=O) groups is 3. The van der Waals surface area contributed by atoms with Crippen LogP contribution >= 0.6 is 0 Å². The van der Waals surface area contributed by atoms with Crippen LogP contribution in [-0.2, 0) is 19.1 Å². The smallest absolute Gasteiger partial charge is 0.338 e. The van der Waals surface area contributed by atoms with Crippen LogP contribution in [0.5, 0.6) is 17.2 Å². The van der Waals surface area contributed by atoms with Gasteiger partial charge >= 0.3 is 11.9 Å². The minimum absolute atomic E-state index is 0.367. The predicted molar refractivity (Wildman–Crippen MR) is 126 cm³/mol. The van der Waals surface area contributed by atoms with Gasteiger partial charge < -0.3 is 29.0 Å². The Bertz CT molecular complexity index is 1010. The van der Waals surface area contributed by atoms with Crippen molar-refractivity contribution >= 4 is 29.6 Å². The second-order valence-electron chi connectivity index (χ2n) is 7.01. The van der Waals surface area contributed by atoms with Crippen molar-refractivity contribution in [3.05, 3.63) is 53.6 Å². The van der Waals surface area contributed by atoms with Crippen molar-refractivity contribution in [3.8, 4) is 17.2 Å². The number of hydrogen-bond acceptors (Lipinski definition) is 8. The van der Waals surface area contributed by atoms with Crippen molar-refractivity contribution in [2.24, 2.45) is 0 Å². The molecule has 0 aliphatic carbocycles. The van der Waals surface area contributed by atoms with E-state index in [1.165, 1.54) is 33.5 Å². The molecule has 0 atom stereocenters. The highest BCUT2D eigenvalue weighted by molar-refractivity contribution is 5.95. The largest absolute Gasteiger partial charge is 0.496 e. The summed E-state index contributed by atoms with van der Waals surface area (Å²) in [7, 11) is 4.49. The second kappa shape index (κ2) is 13.5. The van der Waals surface area contributed by atoms with Crippen LogP contribution in [0.25, 0.3) is 6.08 Å². The summed E-state index contributed by atoms with van der Waals surface area (Å²) in [6.45, 7) is 1.90. The van der Waals surface area contributed by atoms with Gasteiger partial charge in [0, 0.05) is 23.4 Å². The lowest BCUT2D eigenvalue weighted by Gasteiger charge is -2.12. The summed E-state index contributed by atoms with van der Waals surface area (Å²) in [4.78, 5) is 36.0. The zero-order valence-corrected chi connectivity index (χ0v) is 19.7. The van der Waals surface area contributed by atoms with E-state index in [9.17, 15) is 14.4 Å². The minimum atomic E-state index is -0.711. The first-order valence-corrected chi connectivity index (χ1v) is 10.6. The maximum absolute atomic E-state index is 12.1. The van der Waals surface area contributed by atoms with E-state index in [1.807, 2.05) is 6.92 Å². The molecule has 0 unspecified atom stereocenters. The van der Waals surface area contributed by atoms with E-state index in [0.717, 1.165) is 12.8 Å². The molecule has 0 spiro atoms. The Morgan fingerprint density at radius 2 is 1.53 bits per heavy atom. The number of hydrogen-bond donors (Lipinski definition) is 1. The SMILES string of the molecule is CCCCOC(=O)c1ccc(NC(=O)COC(=O)/C=C/c2cc(OC)c(OC)cc2OC)cc1. The molecule has 0 aliphatic heterocycles. The van der Waals surface area contributed by atoms with Crippen LogP contribution in [0.2, 0.25) is 0 Å². The van der Waals surface area contributed by atoms with Gasteiger partial charge in [0.25, 0.3) is 5.91 Å². The van der Waals surface area contributed by atoms with E-state index >= 15 is 0 Å². The van der Waals surface area contributed by atoms with E-state index in [0.29, 0.717) is 40.7 Å². The summed E-state index contributed by atoms with van der Waals surface area (Å²) < 4.78 is 25.9. The molecule has 0 aromatic heterocycles. The number of carbonyl (C=O) groups excluding carboxylic acids is 3. The molecule has 0 saturated heterocycles. The first-order chi connectivity index (χ1) is 16.4. The molecule has 182 valence electrons. The number of unbranched alkanes of at least 4 members (excludes halogenated alkanes) is 1. The van der Waals surface area contributed by atoms with Crippen molar-refractivity contribution in [2.45, 2.75) is 19.8 Å². The molecule has 9 heteroatoms. The zero-order chi connectivity index (χ0) is 24.9. The van der Waals surface area contributed by atoms with Crippen molar-refractivity contribution < 1.29 is 38.1 Å². The van der Waals surface area contributed by atoms with E-state index in [1.54, 1.807) is 36.4 Å². The molecule has 2 aromatic carbocycles. The normalized spacial score (nSPS) is 10.5. The molecule has 0 aliphatic rings. The minimum Gasteiger partial charge on any atom is -0.496 e. The zero-order valence-electron chi connectivity index (χ0n) is 19.7. The summed E-state index contributed by atoms with van der Waals surface area (Å²) in [5.41, 5.74) is 1.41. The summed E-state index contributed by atoms with van der Waals surface area (Å²) in [6, 6.07) is 9.52. The highest BCUT2D eigenvalue weighted by atomic mass is 16.5. The molecular formula is C25H29NO8. The van der Waals surface area contributed by atoms with Crippen LogP contribution in [0.15, 0.2) is 42.5 Å². The maximum Gasteiger partial charge on any atom is 0.338 e. The Labute approximate surface area is 198 Å². The van der Waals surface area contributed by atoms with Crippen molar-refractivity contribution in [3.63, 3.8) is 0 Å². The number of ether oxygens (including phenoxy) is 5. The quantitative estimate of drug-likeness (QED) is 0.282. The number of anilines is 1. The molecule has 1 amide bonds. The number of methoxy groups -OCH3 is 3. The number of amides is 1. The lowest BCUT2D eigenvalue weighted by molar-refractivity contribution is -0.142. The van der Waals surface area contributed by atoms with Gasteiger partial charge in [-0.2, -0.15) is 0 Å². The van der Waals surface area contributed by atoms with Crippen molar-refractivity contribution in [2.75, 3.05) is 39.9 Å². The number of benzene rings is 2. The lowest BCUT2D eigenvalue weighted by atomic mass is 10.1. The standard InChI is InChI=1S/C25H29NO8/c1-5-6-13-33-25(29)17-7-10-19(11-8-17)26-23(27)16-34-24(28)12-9-18-14-21(31-3)22(32-4)15-20(18)30-2/h7-12,14-15H,5-6,13,16H2,1-4H3,(H,26,27)/b12-9+. The highest BCUT2D eigenvalue weighted by Gasteiger charge is 2.12. The van der Waals surface area contributed by atoms with E-state index in [4.69, 9.17) is 23.7 Å². The van der Waals surface area contributed by atoms with Crippen LogP contribution < -0.4 is 19.5 Å². The molecule has 0 radical (unpaired) electrons. The second-order valence-corrected chi connectivity index (χ2v) is 7.01. The van der Waals surface area contributed by atoms with Gasteiger partial charge in [0.15, 0.2) is 18.1 Å². The Kier molecular flexibility index (Phi) is 10.4. The van der Waals surface area contributed by atoms with E-state index in [-0.39, 0.29) is 0 Å². The van der Waals surface area contributed by atoms with Gasteiger partial charge in [-0.1, -0.05) is 13.3 Å².